The van der Waals surface area contributed by atoms with Crippen LogP contribution in [0.4, 0.5) is 0 Å². The maximum Gasteiger partial charge on any atom is 0.137 e. The minimum absolute atomic E-state index is 0.407. The number of hydrogen-bond donors (Lipinski definition) is 1. The van der Waals surface area contributed by atoms with Crippen LogP contribution in [0, 0.1) is 0 Å². The maximum atomic E-state index is 4.98. The Bertz CT molecular complexity index is 1240. The van der Waals surface area contributed by atoms with Crippen LogP contribution in [0.2, 0.25) is 0 Å². The van der Waals surface area contributed by atoms with Crippen molar-refractivity contribution in [1.82, 2.24) is 15.0 Å². The zero-order valence-corrected chi connectivity index (χ0v) is 17.3. The summed E-state index contributed by atoms with van der Waals surface area (Å²) in [5.74, 6) is 0.407. The predicted octanol–water partition coefficient (Wildman–Crippen LogP) is 5.97. The van der Waals surface area contributed by atoms with Gasteiger partial charge in [0.05, 0.1) is 16.9 Å². The quantitative estimate of drug-likeness (QED) is 0.431. The van der Waals surface area contributed by atoms with Gasteiger partial charge in [0.2, 0.25) is 0 Å². The second-order valence-electron chi connectivity index (χ2n) is 7.35. The van der Waals surface area contributed by atoms with E-state index < -0.39 is 0 Å². The highest BCUT2D eigenvalue weighted by atomic mass is 32.1. The molecule has 144 valence electrons. The lowest BCUT2D eigenvalue weighted by Crippen LogP contribution is -2.01. The molecule has 3 heterocycles. The first-order valence-electron chi connectivity index (χ1n) is 9.91. The molecule has 3 aromatic heterocycles. The number of benzene rings is 1. The van der Waals surface area contributed by atoms with Gasteiger partial charge in [0, 0.05) is 39.9 Å². The number of rotatable bonds is 4. The molecule has 0 spiro atoms. The van der Waals surface area contributed by atoms with Crippen LogP contribution >= 0.6 is 11.3 Å². The third-order valence-electron chi connectivity index (χ3n) is 5.66. The topological polar surface area (TPSA) is 53.9 Å². The second-order valence-corrected chi connectivity index (χ2v) is 8.29. The van der Waals surface area contributed by atoms with Crippen molar-refractivity contribution in [2.45, 2.75) is 32.6 Å². The number of nitrogens with one attached hydrogen (secondary N) is 1. The minimum Gasteiger partial charge on any atom is -0.345 e. The van der Waals surface area contributed by atoms with Gasteiger partial charge in [-0.15, -0.1) is 11.3 Å². The normalized spacial score (nSPS) is 17.1. The summed E-state index contributed by atoms with van der Waals surface area (Å²) in [6.07, 6.45) is 8.13. The van der Waals surface area contributed by atoms with Crippen molar-refractivity contribution in [3.63, 3.8) is 0 Å². The van der Waals surface area contributed by atoms with Crippen molar-refractivity contribution in [2.75, 3.05) is 0 Å². The first kappa shape index (κ1) is 18.0. The van der Waals surface area contributed by atoms with Gasteiger partial charge in [0.25, 0.3) is 0 Å². The molecule has 1 atom stereocenters. The molecule has 0 saturated carbocycles. The average Bonchev–Trinajstić information content (AvgIpc) is 3.47. The number of fused-ring (bicyclic) bond motifs is 2. The van der Waals surface area contributed by atoms with Crippen molar-refractivity contribution in [3.8, 4) is 0 Å². The van der Waals surface area contributed by atoms with E-state index in [4.69, 9.17) is 4.99 Å². The fraction of sp³-hybridized carbons (Fsp3) is 0.208. The lowest BCUT2D eigenvalue weighted by Gasteiger charge is -2.12. The summed E-state index contributed by atoms with van der Waals surface area (Å²) < 4.78 is 0. The van der Waals surface area contributed by atoms with E-state index >= 15 is 0 Å². The van der Waals surface area contributed by atoms with Gasteiger partial charge in [-0.05, 0) is 56.0 Å². The Morgan fingerprint density at radius 3 is 3.07 bits per heavy atom. The van der Waals surface area contributed by atoms with E-state index in [2.05, 4.69) is 58.3 Å². The summed E-state index contributed by atoms with van der Waals surface area (Å²) in [5, 5.41) is 1.09. The highest BCUT2D eigenvalue weighted by Gasteiger charge is 2.26. The van der Waals surface area contributed by atoms with Crippen molar-refractivity contribution >= 4 is 33.8 Å². The molecule has 29 heavy (non-hydrogen) atoms. The zero-order chi connectivity index (χ0) is 19.8. The number of aromatic amines is 1. The van der Waals surface area contributed by atoms with Gasteiger partial charge in [-0.2, -0.15) is 0 Å². The first-order chi connectivity index (χ1) is 14.2. The number of hydrogen-bond acceptors (Lipinski definition) is 4. The Morgan fingerprint density at radius 1 is 1.24 bits per heavy atom. The molecule has 0 fully saturated rings. The highest BCUT2D eigenvalue weighted by Crippen LogP contribution is 2.39. The van der Waals surface area contributed by atoms with E-state index in [9.17, 15) is 0 Å². The molecule has 5 heteroatoms. The molecular formula is C24H22N4S. The minimum atomic E-state index is 0.407. The molecule has 0 aliphatic heterocycles. The molecule has 4 aromatic rings. The van der Waals surface area contributed by atoms with Crippen molar-refractivity contribution in [1.29, 1.82) is 0 Å². The van der Waals surface area contributed by atoms with Gasteiger partial charge in [0.15, 0.2) is 0 Å². The van der Waals surface area contributed by atoms with Gasteiger partial charge in [-0.1, -0.05) is 24.3 Å². The van der Waals surface area contributed by atoms with Crippen LogP contribution < -0.4 is 0 Å². The number of thiazole rings is 1. The van der Waals surface area contributed by atoms with Gasteiger partial charge >= 0.3 is 0 Å². The SMILES string of the molecule is C/C=C(\N=C(C)c1cccc(C2CCc3scnc32)c1)c1c[nH]c2ncccc12. The number of aliphatic imine (C=N–C) groups is 1. The predicted molar refractivity (Wildman–Crippen MR) is 121 cm³/mol. The van der Waals surface area contributed by atoms with Crippen LogP contribution in [0.3, 0.4) is 0 Å². The zero-order valence-electron chi connectivity index (χ0n) is 16.5. The standard InChI is InChI=1S/C24H22N4S/c1-3-21(20-13-26-24-19(20)8-5-11-25-24)28-15(2)16-6-4-7-17(12-16)18-9-10-22-23(18)27-14-29-22/h3-8,11-14,18H,9-10H2,1-2H3,(H,25,26)/b21-3-,28-15?. The number of aryl methyl sites for hydroxylation is 1. The number of H-pyrrole nitrogens is 1. The van der Waals surface area contributed by atoms with Gasteiger partial charge in [-0.3, -0.25) is 4.99 Å². The molecule has 0 saturated heterocycles. The van der Waals surface area contributed by atoms with Crippen molar-refractivity contribution in [2.24, 2.45) is 4.99 Å². The van der Waals surface area contributed by atoms with E-state index in [0.29, 0.717) is 5.92 Å². The Hall–Kier alpha value is -3.05. The molecule has 5 rings (SSSR count). The van der Waals surface area contributed by atoms with Crippen LogP contribution in [0.5, 0.6) is 0 Å². The fourth-order valence-corrected chi connectivity index (χ4v) is 5.01. The summed E-state index contributed by atoms with van der Waals surface area (Å²) in [4.78, 5) is 18.7. The summed E-state index contributed by atoms with van der Waals surface area (Å²) >= 11 is 1.78. The molecule has 1 N–H and O–H groups in total. The number of aromatic nitrogens is 3. The summed E-state index contributed by atoms with van der Waals surface area (Å²) in [5.41, 5.74) is 9.66. The molecule has 1 aliphatic carbocycles. The lowest BCUT2D eigenvalue weighted by atomic mass is 9.94. The van der Waals surface area contributed by atoms with E-state index in [-0.39, 0.29) is 0 Å². The smallest absolute Gasteiger partial charge is 0.137 e. The van der Waals surface area contributed by atoms with Crippen LogP contribution in [-0.2, 0) is 6.42 Å². The highest BCUT2D eigenvalue weighted by molar-refractivity contribution is 7.09. The van der Waals surface area contributed by atoms with Crippen molar-refractivity contribution in [3.05, 3.63) is 87.6 Å². The Kier molecular flexibility index (Phi) is 4.60. The Balaban J connectivity index is 1.49. The van der Waals surface area contributed by atoms with E-state index in [1.54, 1.807) is 17.5 Å². The van der Waals surface area contributed by atoms with Gasteiger partial charge in [-0.25, -0.2) is 9.97 Å². The summed E-state index contributed by atoms with van der Waals surface area (Å²) in [6, 6.07) is 12.8. The van der Waals surface area contributed by atoms with Crippen molar-refractivity contribution < 1.29 is 0 Å². The molecule has 1 aromatic carbocycles. The molecule has 4 nitrogen and oxygen atoms in total. The molecule has 0 radical (unpaired) electrons. The number of pyridine rings is 1. The third kappa shape index (κ3) is 3.21. The monoisotopic (exact) mass is 398 g/mol. The second kappa shape index (κ2) is 7.41. The molecule has 1 aliphatic rings. The first-order valence-corrected chi connectivity index (χ1v) is 10.8. The van der Waals surface area contributed by atoms with Gasteiger partial charge in [0.1, 0.15) is 5.65 Å². The molecule has 1 unspecified atom stereocenters. The van der Waals surface area contributed by atoms with Crippen LogP contribution in [0.1, 0.15) is 53.4 Å². The van der Waals surface area contributed by atoms with Crippen LogP contribution in [0.15, 0.2) is 65.4 Å². The number of allylic oxidation sites excluding steroid dienone is 1. The molecular weight excluding hydrogens is 376 g/mol. The Morgan fingerprint density at radius 2 is 2.17 bits per heavy atom. The molecule has 0 amide bonds. The van der Waals surface area contributed by atoms with Crippen LogP contribution in [-0.4, -0.2) is 20.7 Å². The largest absolute Gasteiger partial charge is 0.345 e. The third-order valence-corrected chi connectivity index (χ3v) is 6.57. The fourth-order valence-electron chi connectivity index (χ4n) is 4.16. The van der Waals surface area contributed by atoms with Gasteiger partial charge < -0.3 is 4.98 Å². The lowest BCUT2D eigenvalue weighted by molar-refractivity contribution is 0.772. The maximum absolute atomic E-state index is 4.98. The number of nitrogens with zero attached hydrogens (tertiary/aromatic N) is 3. The average molecular weight is 399 g/mol. The van der Waals surface area contributed by atoms with E-state index in [0.717, 1.165) is 46.4 Å². The Labute approximate surface area is 174 Å². The molecule has 0 bridgehead atoms. The van der Waals surface area contributed by atoms with E-state index in [1.807, 2.05) is 24.7 Å². The van der Waals surface area contributed by atoms with Crippen LogP contribution in [0.25, 0.3) is 16.7 Å². The van der Waals surface area contributed by atoms with E-state index in [1.165, 1.54) is 16.1 Å². The summed E-state index contributed by atoms with van der Waals surface area (Å²) in [7, 11) is 0. The summed E-state index contributed by atoms with van der Waals surface area (Å²) in [6.45, 7) is 4.11.